The Bertz CT molecular complexity index is 545. The van der Waals surface area contributed by atoms with Gasteiger partial charge in [-0.2, -0.15) is 0 Å². The highest BCUT2D eigenvalue weighted by atomic mass is 79.9. The summed E-state index contributed by atoms with van der Waals surface area (Å²) >= 11 is 3.34. The zero-order chi connectivity index (χ0) is 14.7. The third-order valence-electron chi connectivity index (χ3n) is 3.19. The summed E-state index contributed by atoms with van der Waals surface area (Å²) in [6.07, 6.45) is 2.46. The number of carbonyl (C=O) groups is 1. The van der Waals surface area contributed by atoms with Crippen molar-refractivity contribution in [3.8, 4) is 5.75 Å². The molecule has 1 aliphatic heterocycles. The molecule has 0 aromatic heterocycles. The van der Waals surface area contributed by atoms with Gasteiger partial charge in [0.2, 0.25) is 5.91 Å². The van der Waals surface area contributed by atoms with Gasteiger partial charge in [-0.25, -0.2) is 4.39 Å². The maximum atomic E-state index is 14.2. The van der Waals surface area contributed by atoms with Gasteiger partial charge in [-0.15, -0.1) is 0 Å². The van der Waals surface area contributed by atoms with Crippen LogP contribution >= 0.6 is 15.9 Å². The molecule has 2 rings (SSSR count). The smallest absolute Gasteiger partial charge is 0.241 e. The van der Waals surface area contributed by atoms with Crippen LogP contribution in [-0.2, 0) is 4.79 Å². The summed E-state index contributed by atoms with van der Waals surface area (Å²) in [5, 5.41) is 0. The molecule has 108 valence electrons. The van der Waals surface area contributed by atoms with E-state index in [1.54, 1.807) is 17.0 Å². The molecule has 3 nitrogen and oxygen atoms in total. The molecule has 0 saturated heterocycles. The Morgan fingerprint density at radius 2 is 2.20 bits per heavy atom. The average Bonchev–Trinajstić information content (AvgIpc) is 2.43. The predicted octanol–water partition coefficient (Wildman–Crippen LogP) is 3.58. The summed E-state index contributed by atoms with van der Waals surface area (Å²) in [6.45, 7) is 4.73. The van der Waals surface area contributed by atoms with Crippen molar-refractivity contribution in [1.82, 2.24) is 4.90 Å². The first kappa shape index (κ1) is 15.0. The van der Waals surface area contributed by atoms with E-state index in [1.807, 2.05) is 19.9 Å². The highest BCUT2D eigenvalue weighted by Crippen LogP contribution is 2.31. The number of nitrogens with zero attached hydrogens (tertiary/aromatic N) is 1. The molecule has 1 aliphatic rings. The first-order chi connectivity index (χ1) is 9.58. The number of benzene rings is 1. The van der Waals surface area contributed by atoms with Crippen LogP contribution in [0.3, 0.4) is 0 Å². The van der Waals surface area contributed by atoms with Gasteiger partial charge in [0.25, 0.3) is 0 Å². The van der Waals surface area contributed by atoms with E-state index in [-0.39, 0.29) is 16.6 Å². The maximum absolute atomic E-state index is 14.2. The fourth-order valence-corrected chi connectivity index (χ4v) is 2.69. The molecule has 1 unspecified atom stereocenters. The third-order valence-corrected chi connectivity index (χ3v) is 3.95. The number of hydrogen-bond acceptors (Lipinski definition) is 2. The summed E-state index contributed by atoms with van der Waals surface area (Å²) in [4.78, 5) is 13.5. The number of rotatable bonds is 4. The van der Waals surface area contributed by atoms with Gasteiger partial charge >= 0.3 is 0 Å². The van der Waals surface area contributed by atoms with Gasteiger partial charge in [0, 0.05) is 23.9 Å². The van der Waals surface area contributed by atoms with Gasteiger partial charge in [0.05, 0.1) is 11.4 Å². The molecular weight excluding hydrogens is 325 g/mol. The van der Waals surface area contributed by atoms with Crippen molar-refractivity contribution in [1.29, 1.82) is 0 Å². The third kappa shape index (κ3) is 2.87. The molecule has 0 radical (unpaired) electrons. The molecular formula is C15H17BrFNO2. The van der Waals surface area contributed by atoms with Gasteiger partial charge in [-0.3, -0.25) is 4.79 Å². The second-order valence-corrected chi connectivity index (χ2v) is 5.56. The van der Waals surface area contributed by atoms with E-state index in [2.05, 4.69) is 15.9 Å². The molecule has 1 atom stereocenters. The van der Waals surface area contributed by atoms with Crippen LogP contribution in [0.1, 0.15) is 25.8 Å². The SMILES string of the molecule is CCOc1ccc(C2=CCC(Br)C(=O)N2CC)c(F)c1. The fraction of sp³-hybridized carbons (Fsp3) is 0.400. The summed E-state index contributed by atoms with van der Waals surface area (Å²) in [7, 11) is 0. The minimum Gasteiger partial charge on any atom is -0.494 e. The lowest BCUT2D eigenvalue weighted by molar-refractivity contribution is -0.127. The lowest BCUT2D eigenvalue weighted by Crippen LogP contribution is -2.38. The largest absolute Gasteiger partial charge is 0.494 e. The Balaban J connectivity index is 2.37. The molecule has 5 heteroatoms. The first-order valence-corrected chi connectivity index (χ1v) is 7.58. The van der Waals surface area contributed by atoms with E-state index >= 15 is 0 Å². The topological polar surface area (TPSA) is 29.5 Å². The molecule has 1 aromatic carbocycles. The van der Waals surface area contributed by atoms with Crippen molar-refractivity contribution in [2.45, 2.75) is 25.1 Å². The molecule has 1 amide bonds. The number of amides is 1. The van der Waals surface area contributed by atoms with Gasteiger partial charge < -0.3 is 9.64 Å². The monoisotopic (exact) mass is 341 g/mol. The number of alkyl halides is 1. The van der Waals surface area contributed by atoms with Gasteiger partial charge in [-0.1, -0.05) is 22.0 Å². The molecule has 1 heterocycles. The van der Waals surface area contributed by atoms with Gasteiger partial charge in [0.1, 0.15) is 11.6 Å². The quantitative estimate of drug-likeness (QED) is 0.783. The molecule has 0 bridgehead atoms. The molecule has 0 saturated carbocycles. The van der Waals surface area contributed by atoms with E-state index in [9.17, 15) is 9.18 Å². The van der Waals surface area contributed by atoms with Gasteiger partial charge in [0.15, 0.2) is 0 Å². The fourth-order valence-electron chi connectivity index (χ4n) is 2.26. The van der Waals surface area contributed by atoms with Crippen molar-refractivity contribution in [2.24, 2.45) is 0 Å². The van der Waals surface area contributed by atoms with E-state index in [0.29, 0.717) is 36.6 Å². The molecule has 0 fully saturated rings. The highest BCUT2D eigenvalue weighted by Gasteiger charge is 2.29. The lowest BCUT2D eigenvalue weighted by atomic mass is 10.0. The number of allylic oxidation sites excluding steroid dienone is 1. The van der Waals surface area contributed by atoms with Crippen LogP contribution in [0.5, 0.6) is 5.75 Å². The van der Waals surface area contributed by atoms with Crippen LogP contribution in [-0.4, -0.2) is 28.8 Å². The minimum atomic E-state index is -0.374. The Morgan fingerprint density at radius 1 is 1.45 bits per heavy atom. The van der Waals surface area contributed by atoms with Crippen LogP contribution in [0, 0.1) is 5.82 Å². The van der Waals surface area contributed by atoms with Crippen LogP contribution in [0.2, 0.25) is 0 Å². The number of ether oxygens (including phenoxy) is 1. The highest BCUT2D eigenvalue weighted by molar-refractivity contribution is 9.10. The second-order valence-electron chi connectivity index (χ2n) is 4.45. The van der Waals surface area contributed by atoms with Crippen molar-refractivity contribution < 1.29 is 13.9 Å². The predicted molar refractivity (Wildman–Crippen MR) is 80.3 cm³/mol. The van der Waals surface area contributed by atoms with Crippen molar-refractivity contribution in [3.05, 3.63) is 35.7 Å². The van der Waals surface area contributed by atoms with Crippen LogP contribution in [0.4, 0.5) is 4.39 Å². The van der Waals surface area contributed by atoms with E-state index in [0.717, 1.165) is 0 Å². The molecule has 1 aromatic rings. The Labute approximate surface area is 126 Å². The second kappa shape index (κ2) is 6.39. The molecule has 0 N–H and O–H groups in total. The summed E-state index contributed by atoms with van der Waals surface area (Å²) in [5.74, 6) is 0.0951. The molecule has 20 heavy (non-hydrogen) atoms. The van der Waals surface area contributed by atoms with E-state index in [1.165, 1.54) is 6.07 Å². The number of halogens is 2. The summed E-state index contributed by atoms with van der Waals surface area (Å²) in [6, 6.07) is 4.75. The average molecular weight is 342 g/mol. The standard InChI is InChI=1S/C15H17BrFNO2/c1-3-18-14(8-7-12(16)15(18)19)11-6-5-10(20-4-2)9-13(11)17/h5-6,8-9,12H,3-4,7H2,1-2H3. The minimum absolute atomic E-state index is 0.0294. The maximum Gasteiger partial charge on any atom is 0.241 e. The zero-order valence-electron chi connectivity index (χ0n) is 11.5. The van der Waals surface area contributed by atoms with E-state index in [4.69, 9.17) is 4.74 Å². The van der Waals surface area contributed by atoms with Crippen LogP contribution < -0.4 is 4.74 Å². The number of hydrogen-bond donors (Lipinski definition) is 0. The van der Waals surface area contributed by atoms with E-state index < -0.39 is 0 Å². The van der Waals surface area contributed by atoms with Crippen molar-refractivity contribution in [3.63, 3.8) is 0 Å². The van der Waals surface area contributed by atoms with Gasteiger partial charge in [-0.05, 0) is 32.4 Å². The lowest BCUT2D eigenvalue weighted by Gasteiger charge is -2.30. The first-order valence-electron chi connectivity index (χ1n) is 6.66. The van der Waals surface area contributed by atoms with Crippen molar-refractivity contribution in [2.75, 3.05) is 13.2 Å². The normalized spacial score (nSPS) is 19.0. The Kier molecular flexibility index (Phi) is 4.81. The van der Waals surface area contributed by atoms with Crippen LogP contribution in [0.25, 0.3) is 5.70 Å². The summed E-state index contributed by atoms with van der Waals surface area (Å²) < 4.78 is 19.5. The molecule has 0 aliphatic carbocycles. The van der Waals surface area contributed by atoms with Crippen LogP contribution in [0.15, 0.2) is 24.3 Å². The summed E-state index contributed by atoms with van der Waals surface area (Å²) in [5.41, 5.74) is 1.07. The Morgan fingerprint density at radius 3 is 2.80 bits per heavy atom. The molecule has 0 spiro atoms. The zero-order valence-corrected chi connectivity index (χ0v) is 13.1. The van der Waals surface area contributed by atoms with Crippen molar-refractivity contribution >= 4 is 27.5 Å². The number of carbonyl (C=O) groups excluding carboxylic acids is 1. The Hall–Kier alpha value is -1.36.